The largest absolute Gasteiger partial charge is 0.476 e. The summed E-state index contributed by atoms with van der Waals surface area (Å²) in [4.78, 5) is 31.0. The van der Waals surface area contributed by atoms with Crippen molar-refractivity contribution in [3.63, 3.8) is 0 Å². The van der Waals surface area contributed by atoms with E-state index in [9.17, 15) is 9.59 Å². The first kappa shape index (κ1) is 14.5. The second-order valence-corrected chi connectivity index (χ2v) is 4.68. The third kappa shape index (κ3) is 2.97. The van der Waals surface area contributed by atoms with Crippen molar-refractivity contribution in [2.75, 3.05) is 5.32 Å². The normalized spacial score (nSPS) is 10.5. The molecule has 0 aliphatic rings. The predicted octanol–water partition coefficient (Wildman–Crippen LogP) is 2.14. The Labute approximate surface area is 129 Å². The first-order valence-corrected chi connectivity index (χ1v) is 6.52. The number of carboxylic acid groups (broad SMARTS) is 1. The number of fused-ring (bicyclic) bond motifs is 1. The summed E-state index contributed by atoms with van der Waals surface area (Å²) in [6.07, 6.45) is 2.93. The molecule has 0 aliphatic heterocycles. The van der Waals surface area contributed by atoms with Gasteiger partial charge in [-0.15, -0.1) is 0 Å². The summed E-state index contributed by atoms with van der Waals surface area (Å²) in [5, 5.41) is 20.1. The summed E-state index contributed by atoms with van der Waals surface area (Å²) in [5.74, 6) is -1.25. The molecular formula is C15H11N3O5. The fourth-order valence-electron chi connectivity index (χ4n) is 2.04. The maximum atomic E-state index is 12.1. The summed E-state index contributed by atoms with van der Waals surface area (Å²) < 4.78 is 1.52. The molecule has 0 aliphatic carbocycles. The third-order valence-corrected chi connectivity index (χ3v) is 3.15. The van der Waals surface area contributed by atoms with Gasteiger partial charge in [0.2, 0.25) is 0 Å². The summed E-state index contributed by atoms with van der Waals surface area (Å²) in [6.45, 7) is 0. The summed E-state index contributed by atoms with van der Waals surface area (Å²) in [7, 11) is 0. The van der Waals surface area contributed by atoms with Crippen LogP contribution in [0.2, 0.25) is 0 Å². The predicted molar refractivity (Wildman–Crippen MR) is 79.8 cm³/mol. The van der Waals surface area contributed by atoms with Gasteiger partial charge >= 0.3 is 5.97 Å². The van der Waals surface area contributed by atoms with Crippen LogP contribution in [0, 0.1) is 0 Å². The van der Waals surface area contributed by atoms with E-state index in [2.05, 4.69) is 15.2 Å². The van der Waals surface area contributed by atoms with Crippen molar-refractivity contribution in [1.82, 2.24) is 9.38 Å². The number of imidazole rings is 1. The smallest absolute Gasteiger partial charge is 0.356 e. The van der Waals surface area contributed by atoms with Crippen LogP contribution in [0.3, 0.4) is 0 Å². The van der Waals surface area contributed by atoms with Crippen molar-refractivity contribution in [1.29, 1.82) is 0 Å². The van der Waals surface area contributed by atoms with E-state index >= 15 is 0 Å². The van der Waals surface area contributed by atoms with Gasteiger partial charge in [0.15, 0.2) is 11.4 Å². The fraction of sp³-hybridized carbons (Fsp3) is 0. The number of carbonyl (C=O) groups is 2. The van der Waals surface area contributed by atoms with Crippen molar-refractivity contribution < 1.29 is 24.8 Å². The first-order chi connectivity index (χ1) is 11.1. The Morgan fingerprint density at radius 1 is 1.09 bits per heavy atom. The van der Waals surface area contributed by atoms with Crippen LogP contribution >= 0.6 is 0 Å². The molecule has 2 heterocycles. The van der Waals surface area contributed by atoms with Crippen molar-refractivity contribution >= 4 is 23.2 Å². The van der Waals surface area contributed by atoms with Crippen molar-refractivity contribution in [2.24, 2.45) is 0 Å². The highest BCUT2D eigenvalue weighted by Crippen LogP contribution is 2.15. The fourth-order valence-corrected chi connectivity index (χ4v) is 2.04. The summed E-state index contributed by atoms with van der Waals surface area (Å²) in [5.41, 5.74) is 1.25. The molecule has 0 spiro atoms. The maximum Gasteiger partial charge on any atom is 0.356 e. The van der Waals surface area contributed by atoms with Crippen LogP contribution in [0.1, 0.15) is 20.8 Å². The van der Waals surface area contributed by atoms with Gasteiger partial charge in [-0.3, -0.25) is 4.79 Å². The number of hydrogen-bond donors (Lipinski definition) is 3. The van der Waals surface area contributed by atoms with E-state index in [1.54, 1.807) is 18.3 Å². The third-order valence-electron chi connectivity index (χ3n) is 3.15. The molecule has 23 heavy (non-hydrogen) atoms. The lowest BCUT2D eigenvalue weighted by Crippen LogP contribution is -2.12. The zero-order valence-electron chi connectivity index (χ0n) is 11.6. The molecule has 0 fully saturated rings. The van der Waals surface area contributed by atoms with Crippen molar-refractivity contribution in [3.8, 4) is 5.75 Å². The average molecular weight is 313 g/mol. The topological polar surface area (TPSA) is 113 Å². The highest BCUT2D eigenvalue weighted by molar-refractivity contribution is 6.04. The molecule has 8 heteroatoms. The van der Waals surface area contributed by atoms with Crippen molar-refractivity contribution in [3.05, 3.63) is 60.0 Å². The van der Waals surface area contributed by atoms with E-state index in [1.165, 1.54) is 34.9 Å². The number of aromatic carboxylic acids is 1. The van der Waals surface area contributed by atoms with Gasteiger partial charge in [0, 0.05) is 18.0 Å². The maximum absolute atomic E-state index is 12.1. The molecule has 3 N–H and O–H groups in total. The van der Waals surface area contributed by atoms with Crippen LogP contribution in [-0.2, 0) is 0 Å². The number of nitrogens with one attached hydrogen (secondary N) is 1. The van der Waals surface area contributed by atoms with E-state index in [1.807, 2.05) is 0 Å². The lowest BCUT2D eigenvalue weighted by atomic mass is 10.2. The Bertz CT molecular complexity index is 886. The SMILES string of the molecule is O=C(Nc1ccc2nc(C(=O)O)cn2c1)c1ccc(OO)cc1. The van der Waals surface area contributed by atoms with Gasteiger partial charge in [-0.2, -0.15) is 0 Å². The zero-order chi connectivity index (χ0) is 16.4. The molecule has 0 unspecified atom stereocenters. The number of carboxylic acids is 1. The summed E-state index contributed by atoms with van der Waals surface area (Å²) >= 11 is 0. The van der Waals surface area contributed by atoms with Gasteiger partial charge in [0.25, 0.3) is 5.91 Å². The minimum Gasteiger partial charge on any atom is -0.476 e. The molecule has 0 saturated carbocycles. The second kappa shape index (κ2) is 5.78. The monoisotopic (exact) mass is 313 g/mol. The van der Waals surface area contributed by atoms with E-state index in [0.29, 0.717) is 16.9 Å². The van der Waals surface area contributed by atoms with Gasteiger partial charge < -0.3 is 19.7 Å². The molecule has 116 valence electrons. The number of benzene rings is 1. The standard InChI is InChI=1S/C15H11N3O5/c19-14(9-1-4-11(23-22)5-2-9)16-10-3-6-13-17-12(15(20)21)8-18(13)7-10/h1-8,22H,(H,16,19)(H,20,21). The number of amides is 1. The Hall–Kier alpha value is -3.39. The van der Waals surface area contributed by atoms with E-state index < -0.39 is 5.97 Å². The number of rotatable bonds is 4. The summed E-state index contributed by atoms with van der Waals surface area (Å²) in [6, 6.07) is 9.13. The van der Waals surface area contributed by atoms with Crippen molar-refractivity contribution in [2.45, 2.75) is 0 Å². The molecule has 2 aromatic heterocycles. The van der Waals surface area contributed by atoms with Gasteiger partial charge in [0.05, 0.1) is 5.69 Å². The Balaban J connectivity index is 1.82. The van der Waals surface area contributed by atoms with Crippen LogP contribution in [0.5, 0.6) is 5.75 Å². The first-order valence-electron chi connectivity index (χ1n) is 6.52. The van der Waals surface area contributed by atoms with E-state index in [0.717, 1.165) is 0 Å². The van der Waals surface area contributed by atoms with E-state index in [4.69, 9.17) is 10.4 Å². The van der Waals surface area contributed by atoms with E-state index in [-0.39, 0.29) is 17.4 Å². The molecule has 8 nitrogen and oxygen atoms in total. The highest BCUT2D eigenvalue weighted by atomic mass is 17.1. The van der Waals surface area contributed by atoms with Crippen LogP contribution in [0.15, 0.2) is 48.8 Å². The van der Waals surface area contributed by atoms with Crippen LogP contribution in [-0.4, -0.2) is 31.6 Å². The second-order valence-electron chi connectivity index (χ2n) is 4.68. The average Bonchev–Trinajstić information content (AvgIpc) is 2.98. The number of anilines is 1. The number of hydrogen-bond acceptors (Lipinski definition) is 5. The van der Waals surface area contributed by atoms with Crippen LogP contribution in [0.4, 0.5) is 5.69 Å². The number of pyridine rings is 1. The highest BCUT2D eigenvalue weighted by Gasteiger charge is 2.10. The molecule has 0 bridgehead atoms. The molecular weight excluding hydrogens is 302 g/mol. The lowest BCUT2D eigenvalue weighted by molar-refractivity contribution is -0.137. The molecule has 0 saturated heterocycles. The van der Waals surface area contributed by atoms with Gasteiger partial charge in [0.1, 0.15) is 5.65 Å². The molecule has 3 aromatic rings. The van der Waals surface area contributed by atoms with Crippen LogP contribution < -0.4 is 10.2 Å². The number of nitrogens with zero attached hydrogens (tertiary/aromatic N) is 2. The van der Waals surface area contributed by atoms with Gasteiger partial charge in [-0.1, -0.05) is 0 Å². The quantitative estimate of drug-likeness (QED) is 0.502. The van der Waals surface area contributed by atoms with Gasteiger partial charge in [-0.05, 0) is 36.4 Å². The van der Waals surface area contributed by atoms with Gasteiger partial charge in [-0.25, -0.2) is 15.0 Å². The molecule has 3 rings (SSSR count). The Morgan fingerprint density at radius 2 is 1.83 bits per heavy atom. The molecule has 0 atom stereocenters. The van der Waals surface area contributed by atoms with Crippen LogP contribution in [0.25, 0.3) is 5.65 Å². The lowest BCUT2D eigenvalue weighted by Gasteiger charge is -2.06. The Morgan fingerprint density at radius 3 is 2.48 bits per heavy atom. The minimum absolute atomic E-state index is 0.0759. The molecule has 1 amide bonds. The zero-order valence-corrected chi connectivity index (χ0v) is 11.6. The molecule has 1 aromatic carbocycles. The number of carbonyl (C=O) groups excluding carboxylic acids is 1. The molecule has 0 radical (unpaired) electrons. The minimum atomic E-state index is -1.12. The Kier molecular flexibility index (Phi) is 3.65. The number of aromatic nitrogens is 2.